The first-order valence-corrected chi connectivity index (χ1v) is 10.4. The van der Waals surface area contributed by atoms with E-state index in [2.05, 4.69) is 4.72 Å². The summed E-state index contributed by atoms with van der Waals surface area (Å²) >= 11 is 0. The Labute approximate surface area is 159 Å². The van der Waals surface area contributed by atoms with Crippen molar-refractivity contribution in [2.75, 3.05) is 32.8 Å². The summed E-state index contributed by atoms with van der Waals surface area (Å²) in [7, 11) is -3.85. The number of amides is 1. The van der Waals surface area contributed by atoms with Crippen LogP contribution in [-0.4, -0.2) is 63.1 Å². The Hall–Kier alpha value is -1.97. The molecule has 2 rings (SSSR count). The lowest BCUT2D eigenvalue weighted by molar-refractivity contribution is -0.142. The van der Waals surface area contributed by atoms with Crippen molar-refractivity contribution in [2.24, 2.45) is 11.8 Å². The van der Waals surface area contributed by atoms with Crippen LogP contribution >= 0.6 is 0 Å². The highest BCUT2D eigenvalue weighted by atomic mass is 32.2. The summed E-state index contributed by atoms with van der Waals surface area (Å²) in [5.41, 5.74) is 0.402. The minimum Gasteiger partial charge on any atom is -0.481 e. The van der Waals surface area contributed by atoms with E-state index in [4.69, 9.17) is 4.74 Å². The standard InChI is InChI=1S/C18H26N2O6S/c1-13(2)11-15(18(22)23)12-19-27(24,25)16-5-3-14(4-6-16)17(21)20-7-9-26-10-8-20/h3-6,13,15,19H,7-12H2,1-2H3,(H,22,23). The van der Waals surface area contributed by atoms with Gasteiger partial charge in [-0.2, -0.15) is 0 Å². The van der Waals surface area contributed by atoms with E-state index in [9.17, 15) is 23.1 Å². The first kappa shape index (κ1) is 21.3. The third-order valence-corrected chi connectivity index (χ3v) is 5.77. The molecule has 1 aliphatic rings. The number of ether oxygens (including phenoxy) is 1. The summed E-state index contributed by atoms with van der Waals surface area (Å²) in [6, 6.07) is 5.65. The summed E-state index contributed by atoms with van der Waals surface area (Å²) in [4.78, 5) is 25.3. The maximum atomic E-state index is 12.4. The van der Waals surface area contributed by atoms with Crippen molar-refractivity contribution in [3.05, 3.63) is 29.8 Å². The van der Waals surface area contributed by atoms with Crippen LogP contribution in [0, 0.1) is 11.8 Å². The van der Waals surface area contributed by atoms with E-state index in [-0.39, 0.29) is 23.3 Å². The molecule has 1 heterocycles. The molecule has 0 saturated carbocycles. The summed E-state index contributed by atoms with van der Waals surface area (Å²) < 4.78 is 32.4. The van der Waals surface area contributed by atoms with E-state index in [1.165, 1.54) is 24.3 Å². The fourth-order valence-corrected chi connectivity index (χ4v) is 3.94. The number of sulfonamides is 1. The normalized spacial score (nSPS) is 16.3. The van der Waals surface area contributed by atoms with E-state index in [0.29, 0.717) is 38.3 Å². The van der Waals surface area contributed by atoms with Crippen LogP contribution in [0.3, 0.4) is 0 Å². The zero-order valence-corrected chi connectivity index (χ0v) is 16.4. The molecule has 0 aromatic heterocycles. The highest BCUT2D eigenvalue weighted by Gasteiger charge is 2.23. The van der Waals surface area contributed by atoms with Crippen LogP contribution in [0.1, 0.15) is 30.6 Å². The lowest BCUT2D eigenvalue weighted by Gasteiger charge is -2.26. The van der Waals surface area contributed by atoms with E-state index in [1.807, 2.05) is 13.8 Å². The van der Waals surface area contributed by atoms with Gasteiger partial charge in [0.05, 0.1) is 24.0 Å². The van der Waals surface area contributed by atoms with Gasteiger partial charge in [0.15, 0.2) is 0 Å². The molecule has 27 heavy (non-hydrogen) atoms. The fourth-order valence-electron chi connectivity index (χ4n) is 2.86. The average molecular weight is 398 g/mol. The number of carbonyl (C=O) groups is 2. The number of carbonyl (C=O) groups excluding carboxylic acids is 1. The second-order valence-electron chi connectivity index (χ2n) is 6.95. The van der Waals surface area contributed by atoms with Gasteiger partial charge in [-0.05, 0) is 36.6 Å². The molecular formula is C18H26N2O6S. The van der Waals surface area contributed by atoms with E-state index in [1.54, 1.807) is 4.90 Å². The maximum absolute atomic E-state index is 12.4. The van der Waals surface area contributed by atoms with E-state index in [0.717, 1.165) is 0 Å². The van der Waals surface area contributed by atoms with E-state index >= 15 is 0 Å². The van der Waals surface area contributed by atoms with Gasteiger partial charge >= 0.3 is 5.97 Å². The van der Waals surface area contributed by atoms with Gasteiger partial charge in [0.1, 0.15) is 0 Å². The highest BCUT2D eigenvalue weighted by molar-refractivity contribution is 7.89. The van der Waals surface area contributed by atoms with Crippen molar-refractivity contribution in [3.63, 3.8) is 0 Å². The monoisotopic (exact) mass is 398 g/mol. The number of hydrogen-bond acceptors (Lipinski definition) is 5. The van der Waals surface area contributed by atoms with Crippen molar-refractivity contribution >= 4 is 21.9 Å². The number of rotatable bonds is 8. The number of nitrogens with one attached hydrogen (secondary N) is 1. The van der Waals surface area contributed by atoms with Gasteiger partial charge in [-0.3, -0.25) is 9.59 Å². The molecule has 8 nitrogen and oxygen atoms in total. The maximum Gasteiger partial charge on any atom is 0.307 e. The van der Waals surface area contributed by atoms with Crippen LogP contribution in [0.15, 0.2) is 29.2 Å². The smallest absolute Gasteiger partial charge is 0.307 e. The third kappa shape index (κ3) is 6.02. The van der Waals surface area contributed by atoms with Crippen molar-refractivity contribution < 1.29 is 27.9 Å². The second-order valence-corrected chi connectivity index (χ2v) is 8.71. The first-order chi connectivity index (χ1) is 12.7. The van der Waals surface area contributed by atoms with Gasteiger partial charge in [-0.15, -0.1) is 0 Å². The number of benzene rings is 1. The van der Waals surface area contributed by atoms with Crippen molar-refractivity contribution in [2.45, 2.75) is 25.2 Å². The Bertz CT molecular complexity index is 755. The topological polar surface area (TPSA) is 113 Å². The molecule has 2 N–H and O–H groups in total. The van der Waals surface area contributed by atoms with E-state index < -0.39 is 21.9 Å². The quantitative estimate of drug-likeness (QED) is 0.680. The molecule has 1 aromatic carbocycles. The highest BCUT2D eigenvalue weighted by Crippen LogP contribution is 2.15. The largest absolute Gasteiger partial charge is 0.481 e. The molecule has 0 bridgehead atoms. The van der Waals surface area contributed by atoms with Crippen LogP contribution in [0.25, 0.3) is 0 Å². The van der Waals surface area contributed by atoms with Gasteiger partial charge in [-0.25, -0.2) is 13.1 Å². The SMILES string of the molecule is CC(C)CC(CNS(=O)(=O)c1ccc(C(=O)N2CCOCC2)cc1)C(=O)O. The number of morpholine rings is 1. The van der Waals surface area contributed by atoms with Crippen molar-refractivity contribution in [1.82, 2.24) is 9.62 Å². The molecule has 1 atom stereocenters. The minimum absolute atomic E-state index is 0.00490. The number of hydrogen-bond donors (Lipinski definition) is 2. The second kappa shape index (κ2) is 9.29. The fraction of sp³-hybridized carbons (Fsp3) is 0.556. The number of nitrogens with zero attached hydrogens (tertiary/aromatic N) is 1. The van der Waals surface area contributed by atoms with Gasteiger partial charge in [0.2, 0.25) is 10.0 Å². The molecule has 0 aliphatic carbocycles. The van der Waals surface area contributed by atoms with Crippen molar-refractivity contribution in [3.8, 4) is 0 Å². The summed E-state index contributed by atoms with van der Waals surface area (Å²) in [5.74, 6) is -1.85. The molecule has 1 fully saturated rings. The molecular weight excluding hydrogens is 372 g/mol. The van der Waals surface area contributed by atoms with Crippen LogP contribution in [0.2, 0.25) is 0 Å². The Balaban J connectivity index is 2.03. The minimum atomic E-state index is -3.85. The molecule has 0 spiro atoms. The molecule has 1 aromatic rings. The third-order valence-electron chi connectivity index (χ3n) is 4.33. The number of carboxylic acid groups (broad SMARTS) is 1. The molecule has 1 saturated heterocycles. The summed E-state index contributed by atoms with van der Waals surface area (Å²) in [6.07, 6.45) is 0.380. The van der Waals surface area contributed by atoms with Gasteiger partial charge in [-0.1, -0.05) is 13.8 Å². The molecule has 1 aliphatic heterocycles. The Morgan fingerprint density at radius 1 is 1.19 bits per heavy atom. The number of carboxylic acids is 1. The predicted octanol–water partition coefficient (Wildman–Crippen LogP) is 1.18. The molecule has 1 amide bonds. The van der Waals surface area contributed by atoms with Gasteiger partial charge in [0, 0.05) is 25.2 Å². The lowest BCUT2D eigenvalue weighted by Crippen LogP contribution is -2.40. The van der Waals surface area contributed by atoms with Gasteiger partial charge in [0.25, 0.3) is 5.91 Å². The lowest BCUT2D eigenvalue weighted by atomic mass is 9.98. The Morgan fingerprint density at radius 2 is 1.78 bits per heavy atom. The van der Waals surface area contributed by atoms with Gasteiger partial charge < -0.3 is 14.7 Å². The van der Waals surface area contributed by atoms with Crippen molar-refractivity contribution in [1.29, 1.82) is 0 Å². The number of aliphatic carboxylic acids is 1. The molecule has 1 unspecified atom stereocenters. The Kier molecular flexibility index (Phi) is 7.34. The van der Waals surface area contributed by atoms with Crippen LogP contribution < -0.4 is 4.72 Å². The van der Waals surface area contributed by atoms with Crippen LogP contribution in [0.4, 0.5) is 0 Å². The summed E-state index contributed by atoms with van der Waals surface area (Å²) in [6.45, 7) is 5.58. The molecule has 150 valence electrons. The zero-order valence-electron chi connectivity index (χ0n) is 15.6. The molecule has 0 radical (unpaired) electrons. The van der Waals surface area contributed by atoms with Crippen LogP contribution in [0.5, 0.6) is 0 Å². The first-order valence-electron chi connectivity index (χ1n) is 8.90. The van der Waals surface area contributed by atoms with Crippen LogP contribution in [-0.2, 0) is 19.6 Å². The predicted molar refractivity (Wildman–Crippen MR) is 98.9 cm³/mol. The summed E-state index contributed by atoms with van der Waals surface area (Å²) in [5, 5.41) is 9.22. The Morgan fingerprint density at radius 3 is 2.30 bits per heavy atom. The average Bonchev–Trinajstić information content (AvgIpc) is 2.65. The molecule has 9 heteroatoms. The zero-order chi connectivity index (χ0) is 20.0.